The van der Waals surface area contributed by atoms with E-state index in [1.54, 1.807) is 49.5 Å². The molecule has 0 aliphatic heterocycles. The van der Waals surface area contributed by atoms with Crippen LogP contribution >= 0.6 is 0 Å². The van der Waals surface area contributed by atoms with Crippen molar-refractivity contribution in [3.8, 4) is 6.07 Å². The SMILES string of the molecule is CCOC(C)OCC.CN(C)/C=C/C(=O)c1cccc(C#N)c1.CN(C)C=O. The van der Waals surface area contributed by atoms with Gasteiger partial charge in [0.15, 0.2) is 12.1 Å². The van der Waals surface area contributed by atoms with Gasteiger partial charge in [0.25, 0.3) is 0 Å². The van der Waals surface area contributed by atoms with Crippen LogP contribution in [0.3, 0.4) is 0 Å². The summed E-state index contributed by atoms with van der Waals surface area (Å²) in [6.07, 6.45) is 3.88. The van der Waals surface area contributed by atoms with Gasteiger partial charge < -0.3 is 19.3 Å². The summed E-state index contributed by atoms with van der Waals surface area (Å²) in [5, 5.41) is 8.67. The first kappa shape index (κ1) is 27.5. The van der Waals surface area contributed by atoms with Crippen LogP contribution in [-0.2, 0) is 14.3 Å². The number of carbonyl (C=O) groups is 2. The zero-order valence-corrected chi connectivity index (χ0v) is 18.0. The summed E-state index contributed by atoms with van der Waals surface area (Å²) in [6, 6.07) is 8.66. The quantitative estimate of drug-likeness (QED) is 0.293. The van der Waals surface area contributed by atoms with Crippen LogP contribution in [0.5, 0.6) is 0 Å². The Balaban J connectivity index is 0. The minimum atomic E-state index is -0.0965. The van der Waals surface area contributed by atoms with Crippen molar-refractivity contribution in [2.24, 2.45) is 0 Å². The van der Waals surface area contributed by atoms with Crippen molar-refractivity contribution in [2.45, 2.75) is 27.1 Å². The van der Waals surface area contributed by atoms with Crippen LogP contribution in [0.25, 0.3) is 0 Å². The molecule has 1 aromatic rings. The van der Waals surface area contributed by atoms with Gasteiger partial charge in [0, 0.05) is 59.2 Å². The maximum Gasteiger partial charge on any atom is 0.209 e. The Bertz CT molecular complexity index is 616. The number of allylic oxidation sites excluding steroid dienone is 1. The molecule has 0 saturated carbocycles. The predicted octanol–water partition coefficient (Wildman–Crippen LogP) is 2.93. The minimum Gasteiger partial charge on any atom is -0.383 e. The number of ether oxygens (including phenoxy) is 2. The smallest absolute Gasteiger partial charge is 0.209 e. The molecule has 0 heterocycles. The number of nitrogens with zero attached hydrogens (tertiary/aromatic N) is 3. The summed E-state index contributed by atoms with van der Waals surface area (Å²) < 4.78 is 10.1. The van der Waals surface area contributed by atoms with Crippen molar-refractivity contribution in [1.29, 1.82) is 5.26 Å². The fourth-order valence-electron chi connectivity index (χ4n) is 1.57. The highest BCUT2D eigenvalue weighted by molar-refractivity contribution is 6.04. The van der Waals surface area contributed by atoms with E-state index in [9.17, 15) is 9.59 Å². The summed E-state index contributed by atoms with van der Waals surface area (Å²) in [4.78, 5) is 24.3. The van der Waals surface area contributed by atoms with Gasteiger partial charge >= 0.3 is 0 Å². The van der Waals surface area contributed by atoms with E-state index in [-0.39, 0.29) is 12.1 Å². The van der Waals surface area contributed by atoms with Gasteiger partial charge in [-0.3, -0.25) is 9.59 Å². The molecule has 0 radical (unpaired) electrons. The first-order chi connectivity index (χ1) is 13.2. The fraction of sp³-hybridized carbons (Fsp3) is 0.476. The van der Waals surface area contributed by atoms with Crippen molar-refractivity contribution in [3.05, 3.63) is 47.7 Å². The Morgan fingerprint density at radius 1 is 1.14 bits per heavy atom. The van der Waals surface area contributed by atoms with Crippen LogP contribution in [0.1, 0.15) is 36.7 Å². The van der Waals surface area contributed by atoms with Gasteiger partial charge in [0.2, 0.25) is 6.41 Å². The summed E-state index contributed by atoms with van der Waals surface area (Å²) in [7, 11) is 7.06. The first-order valence-corrected chi connectivity index (χ1v) is 8.95. The number of hydrogen-bond donors (Lipinski definition) is 0. The Kier molecular flexibility index (Phi) is 17.4. The van der Waals surface area contributed by atoms with E-state index in [0.29, 0.717) is 11.1 Å². The predicted molar refractivity (Wildman–Crippen MR) is 111 cm³/mol. The number of benzene rings is 1. The highest BCUT2D eigenvalue weighted by Gasteiger charge is 2.02. The molecule has 28 heavy (non-hydrogen) atoms. The molecular weight excluding hydrogens is 358 g/mol. The summed E-state index contributed by atoms with van der Waals surface area (Å²) in [6.45, 7) is 7.25. The van der Waals surface area contributed by atoms with Crippen molar-refractivity contribution >= 4 is 12.2 Å². The van der Waals surface area contributed by atoms with Crippen molar-refractivity contribution in [3.63, 3.8) is 0 Å². The second-order valence-corrected chi connectivity index (χ2v) is 5.88. The molecule has 0 spiro atoms. The molecule has 156 valence electrons. The molecule has 0 unspecified atom stereocenters. The van der Waals surface area contributed by atoms with Crippen LogP contribution in [0.2, 0.25) is 0 Å². The molecule has 0 aliphatic rings. The molecule has 0 aromatic heterocycles. The molecule has 7 heteroatoms. The zero-order chi connectivity index (χ0) is 21.9. The van der Waals surface area contributed by atoms with Gasteiger partial charge in [-0.15, -0.1) is 0 Å². The Morgan fingerprint density at radius 3 is 2.07 bits per heavy atom. The molecule has 0 N–H and O–H groups in total. The van der Waals surface area contributed by atoms with Crippen LogP contribution in [0, 0.1) is 11.3 Å². The molecule has 1 aromatic carbocycles. The standard InChI is InChI=1S/C12H12N2O.C6H14O2.C3H7NO/c1-14(2)7-6-12(15)11-5-3-4-10(8-11)9-13;1-4-7-6(3)8-5-2;1-4(2)3-5/h3-8H,1-2H3;6H,4-5H2,1-3H3;3H,1-2H3/b7-6+;;. The molecule has 0 fully saturated rings. The van der Waals surface area contributed by atoms with E-state index in [1.165, 1.54) is 11.0 Å². The van der Waals surface area contributed by atoms with Gasteiger partial charge in [0.05, 0.1) is 11.6 Å². The van der Waals surface area contributed by atoms with Crippen molar-refractivity contribution in [1.82, 2.24) is 9.80 Å². The van der Waals surface area contributed by atoms with Crippen molar-refractivity contribution < 1.29 is 19.1 Å². The van der Waals surface area contributed by atoms with Crippen LogP contribution in [-0.4, -0.2) is 69.7 Å². The lowest BCUT2D eigenvalue weighted by molar-refractivity contribution is -0.123. The average Bonchev–Trinajstić information content (AvgIpc) is 2.67. The number of amides is 1. The average molecular weight is 392 g/mol. The third-order valence-corrected chi connectivity index (χ3v) is 2.81. The van der Waals surface area contributed by atoms with Gasteiger partial charge in [-0.05, 0) is 32.9 Å². The minimum absolute atomic E-state index is 0.0370. The molecular formula is C21H33N3O4. The van der Waals surface area contributed by atoms with E-state index in [0.717, 1.165) is 19.6 Å². The third kappa shape index (κ3) is 16.8. The highest BCUT2D eigenvalue weighted by atomic mass is 16.7. The summed E-state index contributed by atoms with van der Waals surface area (Å²) >= 11 is 0. The fourth-order valence-corrected chi connectivity index (χ4v) is 1.57. The number of rotatable bonds is 8. The van der Waals surface area contributed by atoms with Gasteiger partial charge in [-0.2, -0.15) is 5.26 Å². The normalized spacial score (nSPS) is 9.54. The second kappa shape index (κ2) is 17.7. The van der Waals surface area contributed by atoms with Gasteiger partial charge in [0.1, 0.15) is 0 Å². The maximum atomic E-state index is 11.6. The Hall–Kier alpha value is -2.69. The Morgan fingerprint density at radius 2 is 1.68 bits per heavy atom. The lowest BCUT2D eigenvalue weighted by Crippen LogP contribution is -2.11. The monoisotopic (exact) mass is 391 g/mol. The number of hydrogen-bond acceptors (Lipinski definition) is 6. The van der Waals surface area contributed by atoms with Crippen LogP contribution in [0.15, 0.2) is 36.5 Å². The molecule has 1 amide bonds. The van der Waals surface area contributed by atoms with E-state index >= 15 is 0 Å². The van der Waals surface area contributed by atoms with Crippen molar-refractivity contribution in [2.75, 3.05) is 41.4 Å². The maximum absolute atomic E-state index is 11.6. The molecule has 0 saturated heterocycles. The molecule has 7 nitrogen and oxygen atoms in total. The summed E-state index contributed by atoms with van der Waals surface area (Å²) in [5.41, 5.74) is 1.03. The molecule has 1 rings (SSSR count). The zero-order valence-electron chi connectivity index (χ0n) is 18.0. The summed E-state index contributed by atoms with van der Waals surface area (Å²) in [5.74, 6) is -0.0965. The second-order valence-electron chi connectivity index (χ2n) is 5.88. The third-order valence-electron chi connectivity index (χ3n) is 2.81. The van der Waals surface area contributed by atoms with Crippen LogP contribution in [0.4, 0.5) is 0 Å². The largest absolute Gasteiger partial charge is 0.383 e. The number of nitriles is 1. The molecule has 0 aliphatic carbocycles. The highest BCUT2D eigenvalue weighted by Crippen LogP contribution is 2.05. The molecule has 0 atom stereocenters. The lowest BCUT2D eigenvalue weighted by Gasteiger charge is -2.09. The van der Waals surface area contributed by atoms with Crippen LogP contribution < -0.4 is 0 Å². The number of ketones is 1. The van der Waals surface area contributed by atoms with Gasteiger partial charge in [-0.25, -0.2) is 0 Å². The lowest BCUT2D eigenvalue weighted by atomic mass is 10.1. The van der Waals surface area contributed by atoms with E-state index in [4.69, 9.17) is 14.7 Å². The number of carbonyl (C=O) groups excluding carboxylic acids is 2. The first-order valence-electron chi connectivity index (χ1n) is 8.95. The van der Waals surface area contributed by atoms with E-state index < -0.39 is 0 Å². The topological polar surface area (TPSA) is 82.9 Å². The van der Waals surface area contributed by atoms with Gasteiger partial charge in [-0.1, -0.05) is 12.1 Å². The van der Waals surface area contributed by atoms with E-state index in [2.05, 4.69) is 0 Å². The van der Waals surface area contributed by atoms with E-state index in [1.807, 2.05) is 40.9 Å². The molecule has 0 bridgehead atoms. The Labute approximate surface area is 169 Å².